The average Bonchev–Trinajstić information content (AvgIpc) is 3.33. The summed E-state index contributed by atoms with van der Waals surface area (Å²) in [6, 6.07) is 12.7. The molecule has 0 radical (unpaired) electrons. The minimum Gasteiger partial charge on any atom is -0.331 e. The number of benzene rings is 1. The van der Waals surface area contributed by atoms with Crippen molar-refractivity contribution in [2.24, 2.45) is 0 Å². The summed E-state index contributed by atoms with van der Waals surface area (Å²) in [5.41, 5.74) is 4.36. The third kappa shape index (κ3) is 3.14. The summed E-state index contributed by atoms with van der Waals surface area (Å²) in [6.45, 7) is 3.86. The highest BCUT2D eigenvalue weighted by molar-refractivity contribution is 5.80. The zero-order valence-corrected chi connectivity index (χ0v) is 17.1. The van der Waals surface area contributed by atoms with E-state index in [-0.39, 0.29) is 36.7 Å². The minimum absolute atomic E-state index is 0.155. The van der Waals surface area contributed by atoms with E-state index >= 15 is 0 Å². The molecule has 0 saturated carbocycles. The first-order valence-electron chi connectivity index (χ1n) is 9.93. The van der Waals surface area contributed by atoms with Gasteiger partial charge in [-0.3, -0.25) is 19.5 Å². The van der Waals surface area contributed by atoms with Crippen LogP contribution in [0.5, 0.6) is 0 Å². The summed E-state index contributed by atoms with van der Waals surface area (Å²) in [5.74, 6) is -0.286. The van der Waals surface area contributed by atoms with Crippen LogP contribution in [0, 0.1) is 13.8 Å². The van der Waals surface area contributed by atoms with Gasteiger partial charge in [-0.15, -0.1) is 0 Å². The van der Waals surface area contributed by atoms with E-state index in [1.807, 2.05) is 37.3 Å². The van der Waals surface area contributed by atoms with Gasteiger partial charge in [-0.25, -0.2) is 14.2 Å². The van der Waals surface area contributed by atoms with Gasteiger partial charge in [0.2, 0.25) is 5.91 Å². The van der Waals surface area contributed by atoms with Gasteiger partial charge in [-0.1, -0.05) is 30.3 Å². The van der Waals surface area contributed by atoms with Crippen LogP contribution in [0.3, 0.4) is 0 Å². The van der Waals surface area contributed by atoms with E-state index in [9.17, 15) is 14.4 Å². The zero-order chi connectivity index (χ0) is 21.7. The molecule has 5 rings (SSSR count). The van der Waals surface area contributed by atoms with Gasteiger partial charge in [0.15, 0.2) is 5.65 Å². The van der Waals surface area contributed by atoms with Crippen LogP contribution >= 0.6 is 0 Å². The summed E-state index contributed by atoms with van der Waals surface area (Å²) in [5, 5.41) is 7.22. The van der Waals surface area contributed by atoms with Crippen molar-refractivity contribution in [2.45, 2.75) is 33.5 Å². The van der Waals surface area contributed by atoms with Crippen molar-refractivity contribution in [3.8, 4) is 11.1 Å². The molecule has 4 aromatic rings. The fourth-order valence-electron chi connectivity index (χ4n) is 4.00. The van der Waals surface area contributed by atoms with Gasteiger partial charge in [-0.05, 0) is 25.5 Å². The van der Waals surface area contributed by atoms with Gasteiger partial charge in [0, 0.05) is 17.3 Å². The van der Waals surface area contributed by atoms with Crippen molar-refractivity contribution in [3.63, 3.8) is 0 Å². The number of fused-ring (bicyclic) bond motifs is 2. The zero-order valence-electron chi connectivity index (χ0n) is 17.1. The lowest BCUT2D eigenvalue weighted by atomic mass is 10.1. The molecule has 1 aliphatic rings. The van der Waals surface area contributed by atoms with E-state index in [1.54, 1.807) is 13.0 Å². The molecule has 31 heavy (non-hydrogen) atoms. The smallest absolute Gasteiger partial charge is 0.278 e. The molecular weight excluding hydrogens is 396 g/mol. The van der Waals surface area contributed by atoms with Gasteiger partial charge in [-0.2, -0.15) is 5.10 Å². The molecule has 3 aromatic heterocycles. The van der Waals surface area contributed by atoms with E-state index in [0.29, 0.717) is 22.6 Å². The quantitative estimate of drug-likeness (QED) is 0.544. The molecule has 1 amide bonds. The maximum atomic E-state index is 13.1. The SMILES string of the molecule is Cc1ccc(=O)n(CC(=O)N2Cc3nc4c(-c5ccccc5)c(C)[nH]n4c(=O)c3C2)n1. The normalized spacial score (nSPS) is 13.0. The second kappa shape index (κ2) is 7.05. The first-order chi connectivity index (χ1) is 14.9. The molecule has 1 aromatic carbocycles. The molecular formula is C22H20N6O3. The number of nitrogens with zero attached hydrogens (tertiary/aromatic N) is 5. The fraction of sp³-hybridized carbons (Fsp3) is 0.227. The summed E-state index contributed by atoms with van der Waals surface area (Å²) in [6.07, 6.45) is 0. The highest BCUT2D eigenvalue weighted by atomic mass is 16.2. The highest BCUT2D eigenvalue weighted by Crippen LogP contribution is 2.28. The Morgan fingerprint density at radius 2 is 1.84 bits per heavy atom. The maximum Gasteiger partial charge on any atom is 0.278 e. The number of carbonyl (C=O) groups is 1. The molecule has 0 bridgehead atoms. The van der Waals surface area contributed by atoms with Crippen molar-refractivity contribution in [1.29, 1.82) is 0 Å². The molecule has 1 N–H and O–H groups in total. The third-order valence-electron chi connectivity index (χ3n) is 5.53. The van der Waals surface area contributed by atoms with Crippen molar-refractivity contribution in [1.82, 2.24) is 29.3 Å². The maximum absolute atomic E-state index is 13.1. The third-order valence-corrected chi connectivity index (χ3v) is 5.53. The number of aryl methyl sites for hydroxylation is 2. The standard InChI is InChI=1S/C22H20N6O3/c1-13-8-9-18(29)27(24-13)12-19(30)26-10-16-17(11-26)23-21-20(15-6-4-3-5-7-15)14(2)25-28(21)22(16)31/h3-9,25H,10-12H2,1-2H3. The largest absolute Gasteiger partial charge is 0.331 e. The Hall–Kier alpha value is -4.01. The Morgan fingerprint density at radius 3 is 2.61 bits per heavy atom. The topological polar surface area (TPSA) is 105 Å². The fourth-order valence-corrected chi connectivity index (χ4v) is 4.00. The highest BCUT2D eigenvalue weighted by Gasteiger charge is 2.29. The molecule has 0 fully saturated rings. The Morgan fingerprint density at radius 1 is 1.06 bits per heavy atom. The van der Waals surface area contributed by atoms with Crippen LogP contribution in [0.15, 0.2) is 52.1 Å². The van der Waals surface area contributed by atoms with Crippen molar-refractivity contribution >= 4 is 11.6 Å². The van der Waals surface area contributed by atoms with Gasteiger partial charge in [0.25, 0.3) is 11.1 Å². The molecule has 9 heteroatoms. The number of amides is 1. The van der Waals surface area contributed by atoms with Crippen molar-refractivity contribution in [3.05, 3.63) is 85.8 Å². The summed E-state index contributed by atoms with van der Waals surface area (Å²) >= 11 is 0. The van der Waals surface area contributed by atoms with Crippen LogP contribution in [-0.4, -0.2) is 35.2 Å². The predicted molar refractivity (Wildman–Crippen MR) is 113 cm³/mol. The Bertz CT molecular complexity index is 1450. The van der Waals surface area contributed by atoms with Crippen LogP contribution in [0.2, 0.25) is 0 Å². The molecule has 0 saturated heterocycles. The number of rotatable bonds is 3. The van der Waals surface area contributed by atoms with Crippen molar-refractivity contribution in [2.75, 3.05) is 0 Å². The minimum atomic E-state index is -0.342. The molecule has 156 valence electrons. The van der Waals surface area contributed by atoms with E-state index in [1.165, 1.54) is 15.5 Å². The molecule has 1 aliphatic heterocycles. The van der Waals surface area contributed by atoms with Crippen LogP contribution in [0.25, 0.3) is 16.8 Å². The van der Waals surface area contributed by atoms with E-state index in [0.717, 1.165) is 21.5 Å². The van der Waals surface area contributed by atoms with Gasteiger partial charge >= 0.3 is 0 Å². The first kappa shape index (κ1) is 19.0. The molecule has 9 nitrogen and oxygen atoms in total. The van der Waals surface area contributed by atoms with E-state index < -0.39 is 0 Å². The van der Waals surface area contributed by atoms with Gasteiger partial charge in [0.05, 0.1) is 30.0 Å². The Labute approximate surface area is 176 Å². The summed E-state index contributed by atoms with van der Waals surface area (Å²) < 4.78 is 2.58. The van der Waals surface area contributed by atoms with Crippen LogP contribution in [0.4, 0.5) is 0 Å². The molecule has 0 atom stereocenters. The molecule has 0 spiro atoms. The lowest BCUT2D eigenvalue weighted by molar-refractivity contribution is -0.132. The number of carbonyl (C=O) groups excluding carboxylic acids is 1. The summed E-state index contributed by atoms with van der Waals surface area (Å²) in [4.78, 5) is 44.2. The number of hydrogen-bond donors (Lipinski definition) is 1. The van der Waals surface area contributed by atoms with Gasteiger partial charge in [0.1, 0.15) is 6.54 Å². The van der Waals surface area contributed by atoms with Crippen LogP contribution in [-0.2, 0) is 24.4 Å². The Kier molecular flexibility index (Phi) is 4.32. The number of aromatic amines is 1. The number of nitrogens with one attached hydrogen (secondary N) is 1. The lowest BCUT2D eigenvalue weighted by Gasteiger charge is -2.15. The van der Waals surface area contributed by atoms with Crippen LogP contribution in [0.1, 0.15) is 22.6 Å². The lowest BCUT2D eigenvalue weighted by Crippen LogP contribution is -2.34. The van der Waals surface area contributed by atoms with Crippen molar-refractivity contribution < 1.29 is 4.79 Å². The average molecular weight is 416 g/mol. The second-order valence-corrected chi connectivity index (χ2v) is 7.70. The number of aromatic nitrogens is 5. The number of hydrogen-bond acceptors (Lipinski definition) is 5. The monoisotopic (exact) mass is 416 g/mol. The molecule has 4 heterocycles. The van der Waals surface area contributed by atoms with Gasteiger partial charge < -0.3 is 4.90 Å². The van der Waals surface area contributed by atoms with E-state index in [4.69, 9.17) is 4.98 Å². The Balaban J connectivity index is 1.50. The van der Waals surface area contributed by atoms with Crippen LogP contribution < -0.4 is 11.1 Å². The molecule has 0 unspecified atom stereocenters. The number of H-pyrrole nitrogens is 1. The van der Waals surface area contributed by atoms with E-state index in [2.05, 4.69) is 10.2 Å². The summed E-state index contributed by atoms with van der Waals surface area (Å²) in [7, 11) is 0. The second-order valence-electron chi connectivity index (χ2n) is 7.70. The molecule has 0 aliphatic carbocycles. The first-order valence-corrected chi connectivity index (χ1v) is 9.93. The predicted octanol–water partition coefficient (Wildman–Crippen LogP) is 1.41.